The van der Waals surface area contributed by atoms with Crippen LogP contribution in [0.2, 0.25) is 0 Å². The van der Waals surface area contributed by atoms with Gasteiger partial charge in [0.05, 0.1) is 7.21 Å². The minimum atomic E-state index is -1.45. The molecule has 0 aliphatic heterocycles. The highest BCUT2D eigenvalue weighted by Gasteiger charge is 2.17. The molecule has 0 heterocycles. The molecule has 0 bridgehead atoms. The number of hydrogen-bond donors (Lipinski definition) is 0. The Labute approximate surface area is 102 Å². The second-order valence-electron chi connectivity index (χ2n) is 4.71. The first-order chi connectivity index (χ1) is 7.45. The fourth-order valence-electron chi connectivity index (χ4n) is 2.00. The predicted octanol–water partition coefficient (Wildman–Crippen LogP) is 5.20. The van der Waals surface area contributed by atoms with E-state index in [1.54, 1.807) is 0 Å². The van der Waals surface area contributed by atoms with E-state index in [-0.39, 0.29) is 0 Å². The summed E-state index contributed by atoms with van der Waals surface area (Å²) < 4.78 is 9.88. The van der Waals surface area contributed by atoms with Gasteiger partial charge in [-0.05, 0) is 33.0 Å². The van der Waals surface area contributed by atoms with Gasteiger partial charge in [0.25, 0.3) is 0 Å². The van der Waals surface area contributed by atoms with Crippen molar-refractivity contribution in [2.45, 2.75) is 26.7 Å². The average Bonchev–Trinajstić information content (AvgIpc) is 2.17. The zero-order valence-electron chi connectivity index (χ0n) is 11.6. The van der Waals surface area contributed by atoms with Crippen LogP contribution in [0.1, 0.15) is 26.7 Å². The molecule has 0 aromatic carbocycles. The second-order valence-corrected chi connectivity index (χ2v) is 12.1. The highest BCUT2D eigenvalue weighted by molar-refractivity contribution is 7.76. The van der Waals surface area contributed by atoms with Gasteiger partial charge < -0.3 is 0 Å². The molecule has 0 aliphatic carbocycles. The normalized spacial score (nSPS) is 15.3. The Hall–Kier alpha value is 0.200. The van der Waals surface area contributed by atoms with Crippen molar-refractivity contribution < 1.29 is 0 Å². The van der Waals surface area contributed by atoms with Crippen LogP contribution in [0.5, 0.6) is 0 Å². The Morgan fingerprint density at radius 2 is 1.69 bits per heavy atom. The molecule has 0 aromatic rings. The molecule has 0 aliphatic rings. The number of hydrogen-bond acceptors (Lipinski definition) is 1. The summed E-state index contributed by atoms with van der Waals surface area (Å²) >= 11 is 0. The van der Waals surface area contributed by atoms with Crippen LogP contribution in [0.25, 0.3) is 0 Å². The first kappa shape index (κ1) is 16.2. The van der Waals surface area contributed by atoms with Gasteiger partial charge in [-0.1, -0.05) is 26.3 Å². The fourth-order valence-corrected chi connectivity index (χ4v) is 9.71. The van der Waals surface area contributed by atoms with Gasteiger partial charge in [-0.25, -0.2) is 0 Å². The Kier molecular flexibility index (Phi) is 7.61. The first-order valence-corrected chi connectivity index (χ1v) is 11.0. The van der Waals surface area contributed by atoms with Crippen LogP contribution < -0.4 is 0 Å². The minimum Gasteiger partial charge on any atom is -0.284 e. The van der Waals surface area contributed by atoms with Crippen LogP contribution in [0.3, 0.4) is 0 Å². The van der Waals surface area contributed by atoms with E-state index in [1.165, 1.54) is 19.0 Å². The fraction of sp³-hybridized carbons (Fsp3) is 0.833. The van der Waals surface area contributed by atoms with Crippen molar-refractivity contribution in [3.63, 3.8) is 0 Å². The molecule has 4 heteroatoms. The Balaban J connectivity index is 5.27. The molecule has 0 N–H and O–H groups in total. The van der Waals surface area contributed by atoms with Gasteiger partial charge in [-0.15, -0.1) is 6.58 Å². The zero-order valence-corrected chi connectivity index (χ0v) is 13.4. The average molecular weight is 262 g/mol. The Morgan fingerprint density at radius 1 is 1.12 bits per heavy atom. The lowest BCUT2D eigenvalue weighted by Crippen LogP contribution is -1.93. The smallest absolute Gasteiger partial charge is 0.0755 e. The molecule has 0 rings (SSSR count). The van der Waals surface area contributed by atoms with E-state index in [1.807, 2.05) is 13.1 Å². The monoisotopic (exact) mass is 262 g/mol. The van der Waals surface area contributed by atoms with Crippen molar-refractivity contribution >= 4 is 14.3 Å². The Morgan fingerprint density at radius 3 is 2.06 bits per heavy atom. The predicted molar refractivity (Wildman–Crippen MR) is 81.8 cm³/mol. The second kappa shape index (κ2) is 7.51. The summed E-state index contributed by atoms with van der Waals surface area (Å²) in [4.78, 5) is 0. The van der Waals surface area contributed by atoms with Crippen LogP contribution in [-0.2, 0) is 0 Å². The van der Waals surface area contributed by atoms with E-state index >= 15 is 0 Å². The molecule has 0 aromatic heterocycles. The lowest BCUT2D eigenvalue weighted by atomic mass is 10.6. The topological polar surface area (TPSA) is 24.7 Å². The standard InChI is InChI=1S/C12H28N2P2/c1-7-10-15(5,6)14-16(13-4,11-8-2)12-9-3/h8H,2,7,9-12H2,1,3-6H3. The van der Waals surface area contributed by atoms with Crippen molar-refractivity contribution in [1.82, 2.24) is 0 Å². The third-order valence-corrected chi connectivity index (χ3v) is 10.1. The van der Waals surface area contributed by atoms with Crippen molar-refractivity contribution in [2.24, 2.45) is 9.26 Å². The first-order valence-electron chi connectivity index (χ1n) is 6.12. The van der Waals surface area contributed by atoms with Crippen LogP contribution in [-0.4, -0.2) is 38.9 Å². The van der Waals surface area contributed by atoms with Crippen LogP contribution >= 0.6 is 14.3 Å². The van der Waals surface area contributed by atoms with Gasteiger partial charge in [0, 0.05) is 19.4 Å². The summed E-state index contributed by atoms with van der Waals surface area (Å²) in [5, 5.41) is 0. The molecule has 0 radical (unpaired) electrons. The maximum atomic E-state index is 5.21. The molecular weight excluding hydrogens is 234 g/mol. The number of rotatable bonds is 7. The van der Waals surface area contributed by atoms with Gasteiger partial charge in [-0.2, -0.15) is 0 Å². The third kappa shape index (κ3) is 5.51. The lowest BCUT2D eigenvalue weighted by Gasteiger charge is -2.23. The molecule has 96 valence electrons. The summed E-state index contributed by atoms with van der Waals surface area (Å²) in [6.07, 6.45) is 7.81. The molecule has 0 saturated carbocycles. The van der Waals surface area contributed by atoms with Gasteiger partial charge in [0.15, 0.2) is 0 Å². The van der Waals surface area contributed by atoms with Gasteiger partial charge >= 0.3 is 0 Å². The molecule has 16 heavy (non-hydrogen) atoms. The number of allylic oxidation sites excluding steroid dienone is 1. The van der Waals surface area contributed by atoms with Crippen molar-refractivity contribution in [3.8, 4) is 0 Å². The van der Waals surface area contributed by atoms with E-state index in [0.717, 1.165) is 12.3 Å². The lowest BCUT2D eigenvalue weighted by molar-refractivity contribution is 1.08. The molecule has 0 fully saturated rings. The highest BCUT2D eigenvalue weighted by atomic mass is 31.2. The maximum Gasteiger partial charge on any atom is 0.0755 e. The Bertz CT molecular complexity index is 313. The maximum absolute atomic E-state index is 5.21. The summed E-state index contributed by atoms with van der Waals surface area (Å²) in [5.41, 5.74) is 0. The van der Waals surface area contributed by atoms with E-state index < -0.39 is 14.3 Å². The zero-order chi connectivity index (χ0) is 12.7. The van der Waals surface area contributed by atoms with Gasteiger partial charge in [-0.3, -0.25) is 9.26 Å². The summed E-state index contributed by atoms with van der Waals surface area (Å²) in [6, 6.07) is 0. The molecule has 2 nitrogen and oxygen atoms in total. The van der Waals surface area contributed by atoms with Crippen LogP contribution in [0, 0.1) is 0 Å². The molecule has 0 amide bonds. The summed E-state index contributed by atoms with van der Waals surface area (Å²) in [7, 11) is -0.607. The number of nitrogens with zero attached hydrogens (tertiary/aromatic N) is 2. The van der Waals surface area contributed by atoms with Crippen molar-refractivity contribution in [2.75, 3.05) is 38.9 Å². The molecule has 0 spiro atoms. The largest absolute Gasteiger partial charge is 0.284 e. The summed E-state index contributed by atoms with van der Waals surface area (Å²) in [6.45, 7) is 13.0. The molecule has 1 atom stereocenters. The molecule has 0 saturated heterocycles. The van der Waals surface area contributed by atoms with E-state index in [0.29, 0.717) is 0 Å². The van der Waals surface area contributed by atoms with E-state index in [4.69, 9.17) is 4.52 Å². The van der Waals surface area contributed by atoms with Gasteiger partial charge in [0.1, 0.15) is 0 Å². The quantitative estimate of drug-likeness (QED) is 0.445. The molecule has 1 unspecified atom stereocenters. The third-order valence-electron chi connectivity index (χ3n) is 2.55. The van der Waals surface area contributed by atoms with E-state index in [2.05, 4.69) is 38.5 Å². The van der Waals surface area contributed by atoms with Crippen LogP contribution in [0.15, 0.2) is 21.9 Å². The van der Waals surface area contributed by atoms with Crippen molar-refractivity contribution in [1.29, 1.82) is 0 Å². The van der Waals surface area contributed by atoms with Gasteiger partial charge in [0.2, 0.25) is 0 Å². The summed E-state index contributed by atoms with van der Waals surface area (Å²) in [5.74, 6) is 0. The highest BCUT2D eigenvalue weighted by Crippen LogP contribution is 2.61. The van der Waals surface area contributed by atoms with Crippen LogP contribution in [0.4, 0.5) is 0 Å². The van der Waals surface area contributed by atoms with E-state index in [9.17, 15) is 0 Å². The van der Waals surface area contributed by atoms with Crippen molar-refractivity contribution in [3.05, 3.63) is 12.7 Å². The molecular formula is C12H28N2P2. The SMILES string of the molecule is C=CCP(CCC)(N=P(C)(C)CCC)=NC. The minimum absolute atomic E-state index is 0.991.